The first-order valence-corrected chi connectivity index (χ1v) is 6.78. The Labute approximate surface area is 117 Å². The Balaban J connectivity index is 1.88. The summed E-state index contributed by atoms with van der Waals surface area (Å²) in [6, 6.07) is 6.05. The summed E-state index contributed by atoms with van der Waals surface area (Å²) in [4.78, 5) is 14.5. The Morgan fingerprint density at radius 2 is 1.89 bits per heavy atom. The van der Waals surface area contributed by atoms with E-state index in [1.54, 1.807) is 12.1 Å². The summed E-state index contributed by atoms with van der Waals surface area (Å²) in [5.74, 6) is 0.0475. The number of hydrogen-bond acceptors (Lipinski definition) is 2. The predicted octanol–water partition coefficient (Wildman–Crippen LogP) is 1.89. The Morgan fingerprint density at radius 3 is 2.42 bits per heavy atom. The molecule has 1 aromatic rings. The van der Waals surface area contributed by atoms with Gasteiger partial charge in [-0.15, -0.1) is 0 Å². The van der Waals surface area contributed by atoms with Crippen molar-refractivity contribution in [3.63, 3.8) is 0 Å². The van der Waals surface area contributed by atoms with Gasteiger partial charge in [0.05, 0.1) is 11.4 Å². The van der Waals surface area contributed by atoms with Crippen molar-refractivity contribution in [2.45, 2.75) is 19.3 Å². The normalized spacial score (nSPS) is 16.4. The van der Waals surface area contributed by atoms with Gasteiger partial charge in [-0.3, -0.25) is 4.79 Å². The molecule has 0 saturated carbocycles. The van der Waals surface area contributed by atoms with Crippen LogP contribution in [0.1, 0.15) is 18.4 Å². The highest BCUT2D eigenvalue weighted by atomic mass is 32.1. The largest absolute Gasteiger partial charge is 0.393 e. The van der Waals surface area contributed by atoms with Gasteiger partial charge in [0.2, 0.25) is 5.91 Å². The molecule has 0 spiro atoms. The third-order valence-electron chi connectivity index (χ3n) is 3.52. The summed E-state index contributed by atoms with van der Waals surface area (Å²) in [6.07, 6.45) is 1.99. The Kier molecular flexibility index (Phi) is 4.47. The number of benzene rings is 1. The van der Waals surface area contributed by atoms with Crippen molar-refractivity contribution in [1.82, 2.24) is 4.90 Å². The van der Waals surface area contributed by atoms with Gasteiger partial charge in [0.25, 0.3) is 0 Å². The summed E-state index contributed by atoms with van der Waals surface area (Å²) in [7, 11) is 0. The molecule has 1 aliphatic rings. The van der Waals surface area contributed by atoms with E-state index in [-0.39, 0.29) is 17.6 Å². The van der Waals surface area contributed by atoms with Crippen LogP contribution in [0.5, 0.6) is 0 Å². The highest BCUT2D eigenvalue weighted by Gasteiger charge is 2.24. The number of piperidine rings is 1. The van der Waals surface area contributed by atoms with Gasteiger partial charge < -0.3 is 10.6 Å². The van der Waals surface area contributed by atoms with Gasteiger partial charge in [-0.2, -0.15) is 0 Å². The summed E-state index contributed by atoms with van der Waals surface area (Å²) >= 11 is 4.98. The zero-order valence-electron chi connectivity index (χ0n) is 10.6. The van der Waals surface area contributed by atoms with Gasteiger partial charge in [0.15, 0.2) is 0 Å². The van der Waals surface area contributed by atoms with Crippen LogP contribution < -0.4 is 5.73 Å². The Hall–Kier alpha value is -1.49. The second-order valence-corrected chi connectivity index (χ2v) is 5.33. The fourth-order valence-electron chi connectivity index (χ4n) is 2.30. The zero-order valence-corrected chi connectivity index (χ0v) is 11.5. The lowest BCUT2D eigenvalue weighted by molar-refractivity contribution is -0.131. The van der Waals surface area contributed by atoms with E-state index in [0.29, 0.717) is 24.5 Å². The minimum Gasteiger partial charge on any atom is -0.393 e. The molecule has 0 aromatic heterocycles. The molecular formula is C14H17FN2OS. The maximum atomic E-state index is 12.8. The van der Waals surface area contributed by atoms with E-state index in [1.165, 1.54) is 12.1 Å². The smallest absolute Gasteiger partial charge is 0.226 e. The second kappa shape index (κ2) is 6.10. The van der Waals surface area contributed by atoms with Gasteiger partial charge in [0, 0.05) is 19.0 Å². The maximum absolute atomic E-state index is 12.8. The van der Waals surface area contributed by atoms with Gasteiger partial charge in [0.1, 0.15) is 5.82 Å². The van der Waals surface area contributed by atoms with Crippen LogP contribution in [0.4, 0.5) is 4.39 Å². The average molecular weight is 280 g/mol. The monoisotopic (exact) mass is 280 g/mol. The minimum absolute atomic E-state index is 0.0768. The first-order valence-electron chi connectivity index (χ1n) is 6.38. The van der Waals surface area contributed by atoms with Crippen LogP contribution in [0.2, 0.25) is 0 Å². The summed E-state index contributed by atoms with van der Waals surface area (Å²) in [5.41, 5.74) is 6.45. The van der Waals surface area contributed by atoms with Gasteiger partial charge in [-0.25, -0.2) is 4.39 Å². The van der Waals surface area contributed by atoms with Crippen molar-refractivity contribution < 1.29 is 9.18 Å². The van der Waals surface area contributed by atoms with Crippen molar-refractivity contribution in [3.05, 3.63) is 35.6 Å². The van der Waals surface area contributed by atoms with E-state index in [2.05, 4.69) is 0 Å². The molecule has 3 nitrogen and oxygen atoms in total. The summed E-state index contributed by atoms with van der Waals surface area (Å²) < 4.78 is 12.8. The van der Waals surface area contributed by atoms with Crippen molar-refractivity contribution in [2.24, 2.45) is 11.7 Å². The lowest BCUT2D eigenvalue weighted by Gasteiger charge is -2.31. The van der Waals surface area contributed by atoms with Crippen LogP contribution in [-0.4, -0.2) is 28.9 Å². The van der Waals surface area contributed by atoms with Gasteiger partial charge in [-0.1, -0.05) is 24.4 Å². The molecule has 0 aliphatic carbocycles. The molecule has 102 valence electrons. The van der Waals surface area contributed by atoms with E-state index in [1.807, 2.05) is 4.90 Å². The van der Waals surface area contributed by atoms with E-state index >= 15 is 0 Å². The molecule has 2 N–H and O–H groups in total. The predicted molar refractivity (Wildman–Crippen MR) is 76.2 cm³/mol. The fourth-order valence-corrected chi connectivity index (χ4v) is 2.54. The quantitative estimate of drug-likeness (QED) is 0.860. The van der Waals surface area contributed by atoms with E-state index in [9.17, 15) is 9.18 Å². The van der Waals surface area contributed by atoms with Gasteiger partial charge in [-0.05, 0) is 30.5 Å². The van der Waals surface area contributed by atoms with E-state index < -0.39 is 0 Å². The van der Waals surface area contributed by atoms with Crippen LogP contribution in [0, 0.1) is 11.7 Å². The van der Waals surface area contributed by atoms with Crippen molar-refractivity contribution in [1.29, 1.82) is 0 Å². The summed E-state index contributed by atoms with van der Waals surface area (Å²) in [6.45, 7) is 1.39. The van der Waals surface area contributed by atoms with Crippen LogP contribution in [0.3, 0.4) is 0 Å². The van der Waals surface area contributed by atoms with E-state index in [4.69, 9.17) is 18.0 Å². The minimum atomic E-state index is -0.284. The number of carbonyl (C=O) groups excluding carboxylic acids is 1. The number of nitrogens with two attached hydrogens (primary N) is 1. The van der Waals surface area contributed by atoms with Crippen LogP contribution in [0.25, 0.3) is 0 Å². The topological polar surface area (TPSA) is 46.3 Å². The number of likely N-dealkylation sites (tertiary alicyclic amines) is 1. The molecule has 1 aromatic carbocycles. The molecule has 1 fully saturated rings. The lowest BCUT2D eigenvalue weighted by Crippen LogP contribution is -2.41. The third-order valence-corrected chi connectivity index (χ3v) is 3.85. The molecule has 1 saturated heterocycles. The molecule has 0 bridgehead atoms. The number of thiocarbonyl (C=S) groups is 1. The molecule has 0 atom stereocenters. The summed E-state index contributed by atoms with van der Waals surface area (Å²) in [5, 5.41) is 0. The molecule has 0 unspecified atom stereocenters. The van der Waals surface area contributed by atoms with E-state index in [0.717, 1.165) is 18.4 Å². The molecule has 5 heteroatoms. The molecule has 1 heterocycles. The Morgan fingerprint density at radius 1 is 1.32 bits per heavy atom. The number of carbonyl (C=O) groups is 1. The number of halogens is 1. The number of amides is 1. The standard InChI is InChI=1S/C14H17FN2OS/c15-12-3-1-10(2-4-12)9-13(18)17-7-5-11(6-8-17)14(16)19/h1-4,11H,5-9H2,(H2,16,19). The number of nitrogens with zero attached hydrogens (tertiary/aromatic N) is 1. The molecule has 0 radical (unpaired) electrons. The second-order valence-electron chi connectivity index (χ2n) is 4.86. The number of rotatable bonds is 3. The van der Waals surface area contributed by atoms with Crippen LogP contribution in [0.15, 0.2) is 24.3 Å². The highest BCUT2D eigenvalue weighted by Crippen LogP contribution is 2.18. The third kappa shape index (κ3) is 3.73. The van der Waals surface area contributed by atoms with Crippen molar-refractivity contribution in [2.75, 3.05) is 13.1 Å². The molecule has 2 rings (SSSR count). The van der Waals surface area contributed by atoms with Gasteiger partial charge >= 0.3 is 0 Å². The fraction of sp³-hybridized carbons (Fsp3) is 0.429. The molecular weight excluding hydrogens is 263 g/mol. The zero-order chi connectivity index (χ0) is 13.8. The van der Waals surface area contributed by atoms with Crippen LogP contribution >= 0.6 is 12.2 Å². The highest BCUT2D eigenvalue weighted by molar-refractivity contribution is 7.80. The SMILES string of the molecule is NC(=S)C1CCN(C(=O)Cc2ccc(F)cc2)CC1. The molecule has 1 amide bonds. The van der Waals surface area contributed by atoms with Crippen molar-refractivity contribution >= 4 is 23.1 Å². The number of hydrogen-bond donors (Lipinski definition) is 1. The molecule has 19 heavy (non-hydrogen) atoms. The average Bonchev–Trinajstić information content (AvgIpc) is 2.41. The Bertz CT molecular complexity index is 467. The first kappa shape index (κ1) is 13.9. The lowest BCUT2D eigenvalue weighted by atomic mass is 9.96. The molecule has 1 aliphatic heterocycles. The first-order chi connectivity index (χ1) is 9.06. The maximum Gasteiger partial charge on any atom is 0.226 e. The van der Waals surface area contributed by atoms with Crippen molar-refractivity contribution in [3.8, 4) is 0 Å². The van der Waals surface area contributed by atoms with Crippen LogP contribution in [-0.2, 0) is 11.2 Å².